The van der Waals surface area contributed by atoms with Crippen molar-refractivity contribution in [2.24, 2.45) is 0 Å². The Bertz CT molecular complexity index is 935. The summed E-state index contributed by atoms with van der Waals surface area (Å²) >= 11 is 0. The van der Waals surface area contributed by atoms with Crippen molar-refractivity contribution >= 4 is 5.91 Å². The van der Waals surface area contributed by atoms with Crippen LogP contribution >= 0.6 is 0 Å². The molecule has 3 rings (SSSR count). The van der Waals surface area contributed by atoms with Crippen molar-refractivity contribution in [3.05, 3.63) is 82.3 Å². The van der Waals surface area contributed by atoms with Gasteiger partial charge in [-0.15, -0.1) is 0 Å². The number of pyridine rings is 2. The maximum absolute atomic E-state index is 12.2. The molecule has 2 aromatic heterocycles. The van der Waals surface area contributed by atoms with Gasteiger partial charge in [0.05, 0.1) is 18.5 Å². The number of amides is 1. The van der Waals surface area contributed by atoms with Crippen molar-refractivity contribution in [1.82, 2.24) is 15.3 Å². The molecule has 0 aliphatic carbocycles. The smallest absolute Gasteiger partial charge is 0.261 e. The molecule has 2 N–H and O–H groups in total. The van der Waals surface area contributed by atoms with Crippen LogP contribution in [0.4, 0.5) is 0 Å². The Morgan fingerprint density at radius 2 is 1.92 bits per heavy atom. The summed E-state index contributed by atoms with van der Waals surface area (Å²) in [7, 11) is 1.62. The second-order valence-electron chi connectivity index (χ2n) is 5.68. The number of methoxy groups -OCH3 is 1. The van der Waals surface area contributed by atoms with E-state index >= 15 is 0 Å². The molecular formula is C20H19N3O3. The summed E-state index contributed by atoms with van der Waals surface area (Å²) in [5, 5.41) is 2.77. The molecular weight excluding hydrogens is 330 g/mol. The molecule has 6 heteroatoms. The molecule has 0 saturated heterocycles. The van der Waals surface area contributed by atoms with E-state index in [-0.39, 0.29) is 5.56 Å². The van der Waals surface area contributed by atoms with E-state index in [9.17, 15) is 9.59 Å². The zero-order valence-electron chi connectivity index (χ0n) is 14.4. The molecule has 0 radical (unpaired) electrons. The number of aromatic nitrogens is 2. The number of carbonyl (C=O) groups excluding carboxylic acids is 1. The minimum atomic E-state index is -0.435. The van der Waals surface area contributed by atoms with E-state index < -0.39 is 11.5 Å². The minimum Gasteiger partial charge on any atom is -0.497 e. The Kier molecular flexibility index (Phi) is 5.43. The third-order valence-electron chi connectivity index (χ3n) is 3.95. The summed E-state index contributed by atoms with van der Waals surface area (Å²) in [4.78, 5) is 31.3. The van der Waals surface area contributed by atoms with Gasteiger partial charge in [-0.2, -0.15) is 0 Å². The SMILES string of the molecule is COc1ccc(CCNC(=O)c2ccc(-c3ccccn3)[nH]c2=O)cc1. The molecule has 26 heavy (non-hydrogen) atoms. The monoisotopic (exact) mass is 349 g/mol. The third kappa shape index (κ3) is 4.16. The number of rotatable bonds is 6. The number of hydrogen-bond acceptors (Lipinski definition) is 4. The van der Waals surface area contributed by atoms with E-state index in [2.05, 4.69) is 15.3 Å². The molecule has 0 aliphatic rings. The lowest BCUT2D eigenvalue weighted by Gasteiger charge is -2.07. The standard InChI is InChI=1S/C20H19N3O3/c1-26-15-7-5-14(6-8-15)11-13-22-19(24)16-9-10-18(23-20(16)25)17-4-2-3-12-21-17/h2-10,12H,11,13H2,1H3,(H,22,24)(H,23,25). The van der Waals surface area contributed by atoms with Gasteiger partial charge in [-0.1, -0.05) is 18.2 Å². The minimum absolute atomic E-state index is 0.0828. The molecule has 0 saturated carbocycles. The first kappa shape index (κ1) is 17.4. The van der Waals surface area contributed by atoms with Gasteiger partial charge in [-0.25, -0.2) is 0 Å². The molecule has 0 bridgehead atoms. The van der Waals surface area contributed by atoms with Gasteiger partial charge in [0.15, 0.2) is 0 Å². The maximum Gasteiger partial charge on any atom is 0.261 e. The van der Waals surface area contributed by atoms with Gasteiger partial charge < -0.3 is 15.0 Å². The number of carbonyl (C=O) groups is 1. The molecule has 3 aromatic rings. The highest BCUT2D eigenvalue weighted by Crippen LogP contribution is 2.12. The average Bonchev–Trinajstić information content (AvgIpc) is 2.69. The van der Waals surface area contributed by atoms with Gasteiger partial charge in [0.1, 0.15) is 11.3 Å². The highest BCUT2D eigenvalue weighted by molar-refractivity contribution is 5.94. The molecule has 2 heterocycles. The van der Waals surface area contributed by atoms with Crippen molar-refractivity contribution in [2.75, 3.05) is 13.7 Å². The van der Waals surface area contributed by atoms with Crippen molar-refractivity contribution in [3.63, 3.8) is 0 Å². The van der Waals surface area contributed by atoms with Crippen LogP contribution in [0.15, 0.2) is 65.6 Å². The summed E-state index contributed by atoms with van der Waals surface area (Å²) in [5.74, 6) is 0.393. The Morgan fingerprint density at radius 3 is 2.58 bits per heavy atom. The molecule has 0 fully saturated rings. The van der Waals surface area contributed by atoms with Crippen LogP contribution in [-0.2, 0) is 6.42 Å². The van der Waals surface area contributed by atoms with E-state index in [1.165, 1.54) is 6.07 Å². The van der Waals surface area contributed by atoms with Crippen LogP contribution in [0.5, 0.6) is 5.75 Å². The second-order valence-corrected chi connectivity index (χ2v) is 5.68. The lowest BCUT2D eigenvalue weighted by molar-refractivity contribution is 0.0952. The lowest BCUT2D eigenvalue weighted by atomic mass is 10.1. The van der Waals surface area contributed by atoms with Crippen molar-refractivity contribution < 1.29 is 9.53 Å². The average molecular weight is 349 g/mol. The fourth-order valence-corrected chi connectivity index (χ4v) is 2.53. The Hall–Kier alpha value is -3.41. The van der Waals surface area contributed by atoms with Crippen LogP contribution in [-0.4, -0.2) is 29.5 Å². The van der Waals surface area contributed by atoms with E-state index in [1.54, 1.807) is 31.5 Å². The van der Waals surface area contributed by atoms with Crippen LogP contribution in [0.3, 0.4) is 0 Å². The topological polar surface area (TPSA) is 84.1 Å². The number of benzene rings is 1. The molecule has 0 aliphatic heterocycles. The fourth-order valence-electron chi connectivity index (χ4n) is 2.53. The predicted octanol–water partition coefficient (Wildman–Crippen LogP) is 2.42. The van der Waals surface area contributed by atoms with E-state index in [0.717, 1.165) is 11.3 Å². The highest BCUT2D eigenvalue weighted by Gasteiger charge is 2.11. The summed E-state index contributed by atoms with van der Waals surface area (Å²) < 4.78 is 5.11. The molecule has 0 atom stereocenters. The van der Waals surface area contributed by atoms with Gasteiger partial charge in [-0.3, -0.25) is 14.6 Å². The highest BCUT2D eigenvalue weighted by atomic mass is 16.5. The first-order chi connectivity index (χ1) is 12.7. The van der Waals surface area contributed by atoms with E-state index in [0.29, 0.717) is 24.4 Å². The Balaban J connectivity index is 1.61. The lowest BCUT2D eigenvalue weighted by Crippen LogP contribution is -2.31. The predicted molar refractivity (Wildman–Crippen MR) is 99.3 cm³/mol. The molecule has 1 aromatic carbocycles. The summed E-state index contributed by atoms with van der Waals surface area (Å²) in [5.41, 5.74) is 1.95. The third-order valence-corrected chi connectivity index (χ3v) is 3.95. The zero-order chi connectivity index (χ0) is 18.4. The number of nitrogens with zero attached hydrogens (tertiary/aromatic N) is 1. The van der Waals surface area contributed by atoms with Gasteiger partial charge in [0.2, 0.25) is 0 Å². The van der Waals surface area contributed by atoms with Gasteiger partial charge >= 0.3 is 0 Å². The number of hydrogen-bond donors (Lipinski definition) is 2. The normalized spacial score (nSPS) is 10.3. The summed E-state index contributed by atoms with van der Waals surface area (Å²) in [6.07, 6.45) is 2.31. The zero-order valence-corrected chi connectivity index (χ0v) is 14.4. The maximum atomic E-state index is 12.2. The number of H-pyrrole nitrogens is 1. The van der Waals surface area contributed by atoms with E-state index in [4.69, 9.17) is 4.74 Å². The molecule has 0 spiro atoms. The Morgan fingerprint density at radius 1 is 1.12 bits per heavy atom. The van der Waals surface area contributed by atoms with Gasteiger partial charge in [0, 0.05) is 12.7 Å². The first-order valence-electron chi connectivity index (χ1n) is 8.23. The summed E-state index contributed by atoms with van der Waals surface area (Å²) in [6, 6.07) is 16.3. The van der Waals surface area contributed by atoms with Crippen molar-refractivity contribution in [2.45, 2.75) is 6.42 Å². The fraction of sp³-hybridized carbons (Fsp3) is 0.150. The Labute approximate surface area is 150 Å². The van der Waals surface area contributed by atoms with Crippen LogP contribution in [0, 0.1) is 0 Å². The van der Waals surface area contributed by atoms with Gasteiger partial charge in [0.25, 0.3) is 11.5 Å². The molecule has 6 nitrogen and oxygen atoms in total. The van der Waals surface area contributed by atoms with Crippen LogP contribution < -0.4 is 15.6 Å². The van der Waals surface area contributed by atoms with E-state index in [1.807, 2.05) is 30.3 Å². The molecule has 0 unspecified atom stereocenters. The quantitative estimate of drug-likeness (QED) is 0.716. The van der Waals surface area contributed by atoms with Crippen molar-refractivity contribution in [3.8, 4) is 17.1 Å². The number of ether oxygens (including phenoxy) is 1. The molecule has 1 amide bonds. The first-order valence-corrected chi connectivity index (χ1v) is 8.23. The van der Waals surface area contributed by atoms with Crippen LogP contribution in [0.2, 0.25) is 0 Å². The van der Waals surface area contributed by atoms with Crippen LogP contribution in [0.1, 0.15) is 15.9 Å². The van der Waals surface area contributed by atoms with Gasteiger partial charge in [-0.05, 0) is 48.4 Å². The number of aromatic amines is 1. The second kappa shape index (κ2) is 8.11. The largest absolute Gasteiger partial charge is 0.497 e. The van der Waals surface area contributed by atoms with Crippen LogP contribution in [0.25, 0.3) is 11.4 Å². The molecule has 132 valence electrons. The summed E-state index contributed by atoms with van der Waals surface area (Å²) in [6.45, 7) is 0.437. The van der Waals surface area contributed by atoms with Crippen molar-refractivity contribution in [1.29, 1.82) is 0 Å². The number of nitrogens with one attached hydrogen (secondary N) is 2.